The summed E-state index contributed by atoms with van der Waals surface area (Å²) in [5.74, 6) is 0. The zero-order chi connectivity index (χ0) is 9.52. The van der Waals surface area contributed by atoms with E-state index in [1.165, 1.54) is 0 Å². The first-order valence-corrected chi connectivity index (χ1v) is 4.05. The lowest BCUT2D eigenvalue weighted by Gasteiger charge is -2.08. The van der Waals surface area contributed by atoms with E-state index in [1.807, 2.05) is 30.3 Å². The highest BCUT2D eigenvalue weighted by Crippen LogP contribution is 2.15. The lowest BCUT2D eigenvalue weighted by molar-refractivity contribution is 0.115. The van der Waals surface area contributed by atoms with E-state index in [0.29, 0.717) is 6.61 Å². The molecule has 0 aliphatic rings. The maximum atomic E-state index is 8.80. The van der Waals surface area contributed by atoms with Crippen molar-refractivity contribution in [3.8, 4) is 6.07 Å². The topological polar surface area (TPSA) is 33.0 Å². The smallest absolute Gasteiger partial charge is 0.169 e. The van der Waals surface area contributed by atoms with Gasteiger partial charge in [-0.1, -0.05) is 36.4 Å². The van der Waals surface area contributed by atoms with Crippen molar-refractivity contribution in [3.63, 3.8) is 0 Å². The van der Waals surface area contributed by atoms with Gasteiger partial charge in [0.2, 0.25) is 0 Å². The van der Waals surface area contributed by atoms with Crippen LogP contribution < -0.4 is 0 Å². The number of ether oxygens (including phenoxy) is 1. The Labute approximate surface area is 78.1 Å². The lowest BCUT2D eigenvalue weighted by Crippen LogP contribution is -2.01. The molecule has 0 heterocycles. The highest BCUT2D eigenvalue weighted by atomic mass is 16.5. The highest BCUT2D eigenvalue weighted by Gasteiger charge is 2.08. The third kappa shape index (κ3) is 2.73. The number of hydrogen-bond donors (Lipinski definition) is 0. The van der Waals surface area contributed by atoms with Crippen LogP contribution in [-0.2, 0) is 4.74 Å². The molecule has 1 rings (SSSR count). The molecule has 0 unspecified atom stereocenters. The van der Waals surface area contributed by atoms with Crippen molar-refractivity contribution in [1.29, 1.82) is 5.26 Å². The van der Waals surface area contributed by atoms with Gasteiger partial charge in [0.1, 0.15) is 0 Å². The van der Waals surface area contributed by atoms with Crippen LogP contribution in [0.3, 0.4) is 0 Å². The summed E-state index contributed by atoms with van der Waals surface area (Å²) in [5.41, 5.74) is 0.881. The molecule has 0 aliphatic heterocycles. The van der Waals surface area contributed by atoms with Gasteiger partial charge >= 0.3 is 0 Å². The summed E-state index contributed by atoms with van der Waals surface area (Å²) in [5, 5.41) is 8.80. The van der Waals surface area contributed by atoms with Crippen molar-refractivity contribution >= 4 is 0 Å². The molecule has 0 spiro atoms. The fraction of sp³-hybridized carbons (Fsp3) is 0.182. The van der Waals surface area contributed by atoms with Gasteiger partial charge < -0.3 is 4.74 Å². The molecule has 66 valence electrons. The summed E-state index contributed by atoms with van der Waals surface area (Å²) in [6, 6.07) is 11.5. The first-order chi connectivity index (χ1) is 6.38. The fourth-order valence-electron chi connectivity index (χ4n) is 1.00. The first kappa shape index (κ1) is 9.50. The number of rotatable bonds is 4. The molecule has 1 aromatic rings. The molecule has 0 fully saturated rings. The van der Waals surface area contributed by atoms with Crippen LogP contribution in [0, 0.1) is 11.3 Å². The van der Waals surface area contributed by atoms with Crippen molar-refractivity contribution in [2.24, 2.45) is 0 Å². The summed E-state index contributed by atoms with van der Waals surface area (Å²) >= 11 is 0. The van der Waals surface area contributed by atoms with Gasteiger partial charge in [-0.2, -0.15) is 5.26 Å². The van der Waals surface area contributed by atoms with Gasteiger partial charge in [-0.3, -0.25) is 0 Å². The Hall–Kier alpha value is -1.59. The molecule has 0 saturated carbocycles. The third-order valence-electron chi connectivity index (χ3n) is 1.60. The molecule has 0 radical (unpaired) electrons. The van der Waals surface area contributed by atoms with E-state index in [0.717, 1.165) is 5.56 Å². The van der Waals surface area contributed by atoms with E-state index in [1.54, 1.807) is 6.08 Å². The molecule has 0 aliphatic carbocycles. The van der Waals surface area contributed by atoms with Gasteiger partial charge in [0.15, 0.2) is 6.10 Å². The Morgan fingerprint density at radius 3 is 2.69 bits per heavy atom. The summed E-state index contributed by atoms with van der Waals surface area (Å²) in [4.78, 5) is 0. The van der Waals surface area contributed by atoms with Crippen LogP contribution in [0.1, 0.15) is 11.7 Å². The molecule has 1 atom stereocenters. The minimum absolute atomic E-state index is 0.396. The molecule has 0 amide bonds. The second kappa shape index (κ2) is 5.13. The summed E-state index contributed by atoms with van der Waals surface area (Å²) in [6.07, 6.45) is 1.15. The van der Waals surface area contributed by atoms with Crippen molar-refractivity contribution in [3.05, 3.63) is 48.6 Å². The number of hydrogen-bond acceptors (Lipinski definition) is 2. The standard InChI is InChI=1S/C11H11NO/c1-2-8-13-11(9-12)10-6-4-3-5-7-10/h2-7,11H,1,8H2/t11-/m0/s1. The van der Waals surface area contributed by atoms with Crippen LogP contribution in [0.5, 0.6) is 0 Å². The van der Waals surface area contributed by atoms with E-state index in [2.05, 4.69) is 12.6 Å². The highest BCUT2D eigenvalue weighted by molar-refractivity contribution is 5.21. The van der Waals surface area contributed by atoms with Crippen molar-refractivity contribution in [1.82, 2.24) is 0 Å². The summed E-state index contributed by atoms with van der Waals surface area (Å²) < 4.78 is 5.25. The van der Waals surface area contributed by atoms with Crippen LogP contribution in [0.15, 0.2) is 43.0 Å². The molecule has 13 heavy (non-hydrogen) atoms. The van der Waals surface area contributed by atoms with Crippen LogP contribution in [0.2, 0.25) is 0 Å². The van der Waals surface area contributed by atoms with Crippen LogP contribution in [0.25, 0.3) is 0 Å². The van der Waals surface area contributed by atoms with Gasteiger partial charge in [-0.15, -0.1) is 6.58 Å². The molecule has 1 aromatic carbocycles. The zero-order valence-electron chi connectivity index (χ0n) is 7.31. The zero-order valence-corrected chi connectivity index (χ0v) is 7.31. The van der Waals surface area contributed by atoms with E-state index in [9.17, 15) is 0 Å². The lowest BCUT2D eigenvalue weighted by atomic mass is 10.1. The van der Waals surface area contributed by atoms with Crippen molar-refractivity contribution < 1.29 is 4.74 Å². The quantitative estimate of drug-likeness (QED) is 0.655. The van der Waals surface area contributed by atoms with E-state index in [4.69, 9.17) is 10.00 Å². The molecule has 2 nitrogen and oxygen atoms in total. The molecular weight excluding hydrogens is 162 g/mol. The van der Waals surface area contributed by atoms with Gasteiger partial charge in [-0.05, 0) is 5.56 Å². The SMILES string of the molecule is C=CCO[C@@H](C#N)c1ccccc1. The monoisotopic (exact) mass is 173 g/mol. The Morgan fingerprint density at radius 1 is 1.46 bits per heavy atom. The van der Waals surface area contributed by atoms with E-state index < -0.39 is 6.10 Å². The van der Waals surface area contributed by atoms with Crippen LogP contribution in [0.4, 0.5) is 0 Å². The summed E-state index contributed by atoms with van der Waals surface area (Å²) in [6.45, 7) is 3.92. The fourth-order valence-corrected chi connectivity index (χ4v) is 1.00. The summed E-state index contributed by atoms with van der Waals surface area (Å²) in [7, 11) is 0. The Bertz CT molecular complexity index is 300. The third-order valence-corrected chi connectivity index (χ3v) is 1.60. The maximum Gasteiger partial charge on any atom is 0.169 e. The van der Waals surface area contributed by atoms with Crippen molar-refractivity contribution in [2.45, 2.75) is 6.10 Å². The average molecular weight is 173 g/mol. The second-order valence-electron chi connectivity index (χ2n) is 2.54. The molecule has 0 bridgehead atoms. The first-order valence-electron chi connectivity index (χ1n) is 4.05. The second-order valence-corrected chi connectivity index (χ2v) is 2.54. The van der Waals surface area contributed by atoms with Crippen molar-refractivity contribution in [2.75, 3.05) is 6.61 Å². The predicted molar refractivity (Wildman–Crippen MR) is 50.9 cm³/mol. The molecule has 0 N–H and O–H groups in total. The molecule has 0 aromatic heterocycles. The number of nitriles is 1. The Morgan fingerprint density at radius 2 is 2.15 bits per heavy atom. The van der Waals surface area contributed by atoms with Crippen LogP contribution in [-0.4, -0.2) is 6.61 Å². The molecule has 2 heteroatoms. The predicted octanol–water partition coefficient (Wildman–Crippen LogP) is 2.45. The normalized spacial score (nSPS) is 11.6. The van der Waals surface area contributed by atoms with E-state index in [-0.39, 0.29) is 0 Å². The minimum atomic E-state index is -0.487. The van der Waals surface area contributed by atoms with Gasteiger partial charge in [0.25, 0.3) is 0 Å². The van der Waals surface area contributed by atoms with E-state index >= 15 is 0 Å². The molecular formula is C11H11NO. The van der Waals surface area contributed by atoms with Gasteiger partial charge in [-0.25, -0.2) is 0 Å². The Kier molecular flexibility index (Phi) is 3.74. The average Bonchev–Trinajstić information content (AvgIpc) is 2.21. The minimum Gasteiger partial charge on any atom is -0.355 e. The maximum absolute atomic E-state index is 8.80. The largest absolute Gasteiger partial charge is 0.355 e. The molecule has 0 saturated heterocycles. The van der Waals surface area contributed by atoms with Gasteiger partial charge in [0, 0.05) is 0 Å². The van der Waals surface area contributed by atoms with Crippen LogP contribution >= 0.6 is 0 Å². The Balaban J connectivity index is 2.68. The number of nitrogens with zero attached hydrogens (tertiary/aromatic N) is 1. The number of benzene rings is 1. The van der Waals surface area contributed by atoms with Gasteiger partial charge in [0.05, 0.1) is 12.7 Å².